The molecule has 2 aliphatic heterocycles. The topological polar surface area (TPSA) is 56.8 Å². The molecule has 0 unspecified atom stereocenters. The van der Waals surface area contributed by atoms with Crippen LogP contribution in [0.15, 0.2) is 16.8 Å². The van der Waals surface area contributed by atoms with Crippen molar-refractivity contribution in [2.24, 2.45) is 10.7 Å². The second kappa shape index (κ2) is 3.09. The Morgan fingerprint density at radius 2 is 1.80 bits per heavy atom. The van der Waals surface area contributed by atoms with Gasteiger partial charge in [-0.1, -0.05) is 0 Å². The number of hydrogen-bond donors (Lipinski definition) is 1. The van der Waals surface area contributed by atoms with Crippen molar-refractivity contribution in [1.29, 1.82) is 0 Å². The molecule has 1 fully saturated rings. The molecule has 5 heteroatoms. The first-order chi connectivity index (χ1) is 6.82. The van der Waals surface area contributed by atoms with Crippen LogP contribution in [-0.4, -0.2) is 30.5 Å². The van der Waals surface area contributed by atoms with Crippen molar-refractivity contribution >= 4 is 12.7 Å². The number of rotatable bonds is 1. The summed E-state index contributed by atoms with van der Waals surface area (Å²) in [4.78, 5) is 4.28. The molecular formula is C10H17BN2O2. The lowest BCUT2D eigenvalue weighted by Crippen LogP contribution is -2.41. The quantitative estimate of drug-likeness (QED) is 0.651. The zero-order valence-electron chi connectivity index (χ0n) is 9.70. The predicted octanol–water partition coefficient (Wildman–Crippen LogP) is 0.915. The summed E-state index contributed by atoms with van der Waals surface area (Å²) < 4.78 is 11.7. The lowest BCUT2D eigenvalue weighted by atomic mass is 9.82. The lowest BCUT2D eigenvalue weighted by Gasteiger charge is -2.32. The average molecular weight is 208 g/mol. The Hall–Kier alpha value is -0.805. The van der Waals surface area contributed by atoms with E-state index in [1.165, 1.54) is 0 Å². The van der Waals surface area contributed by atoms with E-state index in [0.717, 1.165) is 11.3 Å². The van der Waals surface area contributed by atoms with Gasteiger partial charge in [-0.15, -0.1) is 0 Å². The molecule has 0 atom stereocenters. The highest BCUT2D eigenvalue weighted by Gasteiger charge is 2.53. The Kier molecular flexibility index (Phi) is 2.21. The Morgan fingerprint density at radius 3 is 2.20 bits per heavy atom. The molecule has 0 amide bonds. The Bertz CT molecular complexity index is 331. The number of aliphatic imine (C=N–C) groups is 1. The third-order valence-corrected chi connectivity index (χ3v) is 3.27. The van der Waals surface area contributed by atoms with Gasteiger partial charge in [0.1, 0.15) is 0 Å². The summed E-state index contributed by atoms with van der Waals surface area (Å²) in [6.45, 7) is 8.65. The summed E-state index contributed by atoms with van der Waals surface area (Å²) in [5.41, 5.74) is 6.60. The number of allylic oxidation sites excluding steroid dienone is 1. The van der Waals surface area contributed by atoms with Gasteiger partial charge in [-0.3, -0.25) is 4.99 Å². The van der Waals surface area contributed by atoms with Gasteiger partial charge in [-0.05, 0) is 33.8 Å². The molecule has 82 valence electrons. The van der Waals surface area contributed by atoms with Gasteiger partial charge in [0.2, 0.25) is 0 Å². The lowest BCUT2D eigenvalue weighted by molar-refractivity contribution is 0.00578. The van der Waals surface area contributed by atoms with Crippen LogP contribution in [0.5, 0.6) is 0 Å². The van der Waals surface area contributed by atoms with E-state index in [9.17, 15) is 0 Å². The molecule has 0 radical (unpaired) electrons. The molecule has 2 aliphatic rings. The standard InChI is InChI=1S/C10H17BN2O2/c1-9(2)10(3,4)15-11(14-9)8-5-7(12)6-13-8/h5H,6,12H2,1-4H3. The number of nitrogens with two attached hydrogens (primary N) is 1. The van der Waals surface area contributed by atoms with Crippen molar-refractivity contribution in [2.75, 3.05) is 6.54 Å². The smallest absolute Gasteiger partial charge is 0.400 e. The molecular weight excluding hydrogens is 191 g/mol. The van der Waals surface area contributed by atoms with Crippen LogP contribution in [0.3, 0.4) is 0 Å². The van der Waals surface area contributed by atoms with Gasteiger partial charge in [0.25, 0.3) is 0 Å². The average Bonchev–Trinajstić information content (AvgIpc) is 2.56. The Labute approximate surface area is 90.7 Å². The van der Waals surface area contributed by atoms with Crippen LogP contribution in [-0.2, 0) is 9.31 Å². The maximum absolute atomic E-state index is 5.84. The first-order valence-corrected chi connectivity index (χ1v) is 5.18. The van der Waals surface area contributed by atoms with Crippen molar-refractivity contribution in [3.8, 4) is 0 Å². The fourth-order valence-corrected chi connectivity index (χ4v) is 1.57. The summed E-state index contributed by atoms with van der Waals surface area (Å²) in [6.07, 6.45) is 1.84. The highest BCUT2D eigenvalue weighted by Crippen LogP contribution is 2.37. The van der Waals surface area contributed by atoms with E-state index < -0.39 is 0 Å². The predicted molar refractivity (Wildman–Crippen MR) is 60.7 cm³/mol. The molecule has 2 heterocycles. The van der Waals surface area contributed by atoms with Gasteiger partial charge in [0, 0.05) is 5.70 Å². The van der Waals surface area contributed by atoms with Crippen LogP contribution < -0.4 is 5.73 Å². The monoisotopic (exact) mass is 208 g/mol. The highest BCUT2D eigenvalue weighted by atomic mass is 16.7. The third-order valence-electron chi connectivity index (χ3n) is 3.27. The van der Waals surface area contributed by atoms with Gasteiger partial charge in [0.05, 0.1) is 23.4 Å². The molecule has 0 aromatic rings. The zero-order chi connectivity index (χ0) is 11.3. The molecule has 15 heavy (non-hydrogen) atoms. The van der Waals surface area contributed by atoms with E-state index in [2.05, 4.69) is 4.99 Å². The largest absolute Gasteiger partial charge is 0.514 e. The van der Waals surface area contributed by atoms with Crippen LogP contribution in [0.25, 0.3) is 0 Å². The normalized spacial score (nSPS) is 27.9. The fraction of sp³-hybridized carbons (Fsp3) is 0.700. The van der Waals surface area contributed by atoms with Crippen molar-refractivity contribution < 1.29 is 9.31 Å². The number of nitrogens with zero attached hydrogens (tertiary/aromatic N) is 1. The second-order valence-corrected chi connectivity index (χ2v) is 5.05. The minimum atomic E-state index is -0.379. The maximum Gasteiger partial charge on any atom is 0.514 e. The summed E-state index contributed by atoms with van der Waals surface area (Å²) in [5.74, 6) is 0. The summed E-state index contributed by atoms with van der Waals surface area (Å²) >= 11 is 0. The van der Waals surface area contributed by atoms with Crippen molar-refractivity contribution in [1.82, 2.24) is 0 Å². The SMILES string of the molecule is CC1(C)OB(C2=NCC(N)=C2)OC1(C)C. The van der Waals surface area contributed by atoms with Gasteiger partial charge < -0.3 is 15.0 Å². The van der Waals surface area contributed by atoms with Gasteiger partial charge in [-0.25, -0.2) is 0 Å². The van der Waals surface area contributed by atoms with Crippen molar-refractivity contribution in [2.45, 2.75) is 38.9 Å². The van der Waals surface area contributed by atoms with E-state index in [1.54, 1.807) is 0 Å². The van der Waals surface area contributed by atoms with Crippen molar-refractivity contribution in [3.63, 3.8) is 0 Å². The molecule has 0 saturated carbocycles. The van der Waals surface area contributed by atoms with E-state index in [4.69, 9.17) is 15.0 Å². The van der Waals surface area contributed by atoms with Crippen LogP contribution in [0.4, 0.5) is 0 Å². The summed E-state index contributed by atoms with van der Waals surface area (Å²) in [7, 11) is -0.379. The fourth-order valence-electron chi connectivity index (χ4n) is 1.57. The molecule has 1 saturated heterocycles. The Morgan fingerprint density at radius 1 is 1.27 bits per heavy atom. The molecule has 2 N–H and O–H groups in total. The van der Waals surface area contributed by atoms with Gasteiger partial charge in [0.15, 0.2) is 0 Å². The van der Waals surface area contributed by atoms with Gasteiger partial charge in [-0.2, -0.15) is 0 Å². The molecule has 0 bridgehead atoms. The molecule has 0 spiro atoms. The van der Waals surface area contributed by atoms with E-state index >= 15 is 0 Å². The molecule has 0 aliphatic carbocycles. The van der Waals surface area contributed by atoms with Gasteiger partial charge >= 0.3 is 7.12 Å². The second-order valence-electron chi connectivity index (χ2n) is 5.05. The maximum atomic E-state index is 5.84. The minimum absolute atomic E-state index is 0.314. The minimum Gasteiger partial charge on any atom is -0.400 e. The third kappa shape index (κ3) is 1.70. The molecule has 0 aromatic carbocycles. The first kappa shape index (κ1) is 10.7. The van der Waals surface area contributed by atoms with Crippen LogP contribution in [0.1, 0.15) is 27.7 Å². The van der Waals surface area contributed by atoms with E-state index in [1.807, 2.05) is 33.8 Å². The zero-order valence-corrected chi connectivity index (χ0v) is 9.70. The van der Waals surface area contributed by atoms with Crippen LogP contribution >= 0.6 is 0 Å². The molecule has 0 aromatic heterocycles. The van der Waals surface area contributed by atoms with Crippen LogP contribution in [0.2, 0.25) is 0 Å². The summed E-state index contributed by atoms with van der Waals surface area (Å²) in [6, 6.07) is 0. The highest BCUT2D eigenvalue weighted by molar-refractivity contribution is 6.85. The van der Waals surface area contributed by atoms with E-state index in [-0.39, 0.29) is 18.3 Å². The van der Waals surface area contributed by atoms with Crippen molar-refractivity contribution in [3.05, 3.63) is 11.8 Å². The van der Waals surface area contributed by atoms with E-state index in [0.29, 0.717) is 6.54 Å². The first-order valence-electron chi connectivity index (χ1n) is 5.18. The number of hydrogen-bond acceptors (Lipinski definition) is 4. The summed E-state index contributed by atoms with van der Waals surface area (Å²) in [5, 5.41) is 0. The van der Waals surface area contributed by atoms with Crippen LogP contribution in [0, 0.1) is 0 Å². The molecule has 2 rings (SSSR count). The molecule has 4 nitrogen and oxygen atoms in total. The Balaban J connectivity index is 2.17.